The van der Waals surface area contributed by atoms with Gasteiger partial charge in [0.05, 0.1) is 17.2 Å². The summed E-state index contributed by atoms with van der Waals surface area (Å²) in [4.78, 5) is 19.3. The minimum Gasteiger partial charge on any atom is -0.493 e. The van der Waals surface area contributed by atoms with E-state index in [0.29, 0.717) is 16.7 Å². The van der Waals surface area contributed by atoms with Crippen LogP contribution in [0.2, 0.25) is 0 Å². The minimum absolute atomic E-state index is 0.0546. The fourth-order valence-electron chi connectivity index (χ4n) is 2.29. The van der Waals surface area contributed by atoms with Crippen LogP contribution in [0.3, 0.4) is 0 Å². The number of hydrogen-bond acceptors (Lipinski definition) is 4. The first-order chi connectivity index (χ1) is 11.7. The highest BCUT2D eigenvalue weighted by Crippen LogP contribution is 2.34. The molecule has 0 aliphatic carbocycles. The van der Waals surface area contributed by atoms with Gasteiger partial charge in [-0.15, -0.1) is 0 Å². The van der Waals surface area contributed by atoms with E-state index in [2.05, 4.69) is 4.99 Å². The lowest BCUT2D eigenvalue weighted by molar-refractivity contribution is -0.121. The summed E-state index contributed by atoms with van der Waals surface area (Å²) < 4.78 is 5.62. The van der Waals surface area contributed by atoms with Crippen LogP contribution >= 0.6 is 11.8 Å². The van der Waals surface area contributed by atoms with E-state index >= 15 is 0 Å². The Morgan fingerprint density at radius 3 is 2.58 bits per heavy atom. The lowest BCUT2D eigenvalue weighted by Gasteiger charge is -2.07. The average molecular weight is 338 g/mol. The van der Waals surface area contributed by atoms with Gasteiger partial charge < -0.3 is 4.74 Å². The Morgan fingerprint density at radius 2 is 1.83 bits per heavy atom. The highest BCUT2D eigenvalue weighted by molar-refractivity contribution is 8.18. The van der Waals surface area contributed by atoms with Gasteiger partial charge in [-0.25, -0.2) is 4.99 Å². The Labute approximate surface area is 145 Å². The molecule has 0 radical (unpaired) electrons. The molecule has 1 fully saturated rings. The molecular formula is C19H18N2O2S. The van der Waals surface area contributed by atoms with Crippen LogP contribution in [0.5, 0.6) is 5.75 Å². The van der Waals surface area contributed by atoms with Crippen molar-refractivity contribution >= 4 is 34.6 Å². The summed E-state index contributed by atoms with van der Waals surface area (Å²) in [5.41, 5.74) is 1.72. The number of hydrogen-bond donors (Lipinski definition) is 0. The van der Waals surface area contributed by atoms with Crippen molar-refractivity contribution in [1.29, 1.82) is 0 Å². The monoisotopic (exact) mass is 338 g/mol. The fourth-order valence-corrected chi connectivity index (χ4v) is 3.27. The molecule has 1 aliphatic heterocycles. The van der Waals surface area contributed by atoms with E-state index in [1.807, 2.05) is 67.6 Å². The first-order valence-corrected chi connectivity index (χ1v) is 8.54. The van der Waals surface area contributed by atoms with Crippen LogP contribution < -0.4 is 4.74 Å². The topological polar surface area (TPSA) is 41.9 Å². The molecule has 4 nitrogen and oxygen atoms in total. The van der Waals surface area contributed by atoms with Crippen molar-refractivity contribution in [2.45, 2.75) is 6.92 Å². The third-order valence-electron chi connectivity index (χ3n) is 3.49. The van der Waals surface area contributed by atoms with E-state index in [1.165, 1.54) is 11.8 Å². The lowest BCUT2D eigenvalue weighted by atomic mass is 10.2. The maximum atomic E-state index is 12.5. The number of rotatable bonds is 4. The van der Waals surface area contributed by atoms with Gasteiger partial charge in [0.25, 0.3) is 5.91 Å². The molecule has 24 heavy (non-hydrogen) atoms. The molecule has 1 aliphatic rings. The van der Waals surface area contributed by atoms with Gasteiger partial charge >= 0.3 is 0 Å². The molecule has 0 aromatic heterocycles. The molecule has 2 aromatic rings. The highest BCUT2D eigenvalue weighted by atomic mass is 32.2. The molecule has 0 N–H and O–H groups in total. The van der Waals surface area contributed by atoms with Crippen LogP contribution in [-0.4, -0.2) is 29.6 Å². The van der Waals surface area contributed by atoms with Crippen molar-refractivity contribution in [2.24, 2.45) is 4.99 Å². The number of para-hydroxylation sites is 2. The third kappa shape index (κ3) is 3.51. The number of aliphatic imine (C=N–C) groups is 1. The van der Waals surface area contributed by atoms with Crippen LogP contribution in [-0.2, 0) is 4.79 Å². The van der Waals surface area contributed by atoms with Crippen LogP contribution in [0, 0.1) is 0 Å². The van der Waals surface area contributed by atoms with E-state index in [1.54, 1.807) is 11.9 Å². The summed E-state index contributed by atoms with van der Waals surface area (Å²) in [6, 6.07) is 17.3. The molecule has 1 heterocycles. The Bertz CT molecular complexity index is 800. The normalized spacial score (nSPS) is 17.8. The number of carbonyl (C=O) groups excluding carboxylic acids is 1. The Morgan fingerprint density at radius 1 is 1.12 bits per heavy atom. The number of thioether (sulfide) groups is 1. The predicted octanol–water partition coefficient (Wildman–Crippen LogP) is 4.32. The number of amides is 1. The van der Waals surface area contributed by atoms with Gasteiger partial charge in [0.15, 0.2) is 5.17 Å². The molecule has 2 aromatic carbocycles. The zero-order chi connectivity index (χ0) is 16.9. The van der Waals surface area contributed by atoms with Gasteiger partial charge in [-0.2, -0.15) is 0 Å². The maximum Gasteiger partial charge on any atom is 0.266 e. The molecule has 1 saturated heterocycles. The average Bonchev–Trinajstić information content (AvgIpc) is 2.86. The summed E-state index contributed by atoms with van der Waals surface area (Å²) in [5.74, 6) is 0.720. The summed E-state index contributed by atoms with van der Waals surface area (Å²) in [6.45, 7) is 2.53. The first kappa shape index (κ1) is 16.3. The molecule has 0 bridgehead atoms. The van der Waals surface area contributed by atoms with Crippen molar-refractivity contribution in [3.05, 3.63) is 65.1 Å². The molecule has 0 unspecified atom stereocenters. The zero-order valence-corrected chi connectivity index (χ0v) is 14.4. The van der Waals surface area contributed by atoms with Gasteiger partial charge in [0.2, 0.25) is 0 Å². The SMILES string of the molecule is CCOc1ccccc1C=C1SC(=Nc2ccccc2)N(C)C1=O. The minimum atomic E-state index is -0.0546. The largest absolute Gasteiger partial charge is 0.493 e. The second-order valence-corrected chi connectivity index (χ2v) is 6.18. The highest BCUT2D eigenvalue weighted by Gasteiger charge is 2.30. The van der Waals surface area contributed by atoms with Crippen LogP contribution in [0.15, 0.2) is 64.5 Å². The lowest BCUT2D eigenvalue weighted by Crippen LogP contribution is -2.23. The number of amidine groups is 1. The van der Waals surface area contributed by atoms with Gasteiger partial charge in [0.1, 0.15) is 5.75 Å². The standard InChI is InChI=1S/C19H18N2O2S/c1-3-23-16-12-8-7-9-14(16)13-17-18(22)21(2)19(24-17)20-15-10-5-4-6-11-15/h4-13H,3H2,1-2H3. The summed E-state index contributed by atoms with van der Waals surface area (Å²) in [5, 5.41) is 0.673. The van der Waals surface area contributed by atoms with E-state index in [4.69, 9.17) is 4.74 Å². The number of ether oxygens (including phenoxy) is 1. The molecule has 5 heteroatoms. The molecule has 3 rings (SSSR count). The third-order valence-corrected chi connectivity index (χ3v) is 4.55. The summed E-state index contributed by atoms with van der Waals surface area (Å²) >= 11 is 1.38. The number of nitrogens with zero attached hydrogens (tertiary/aromatic N) is 2. The van der Waals surface area contributed by atoms with Gasteiger partial charge in [-0.1, -0.05) is 36.4 Å². The molecular weight excluding hydrogens is 320 g/mol. The molecule has 1 amide bonds. The Hall–Kier alpha value is -2.53. The van der Waals surface area contributed by atoms with E-state index < -0.39 is 0 Å². The van der Waals surface area contributed by atoms with E-state index in [-0.39, 0.29) is 5.91 Å². The smallest absolute Gasteiger partial charge is 0.266 e. The van der Waals surface area contributed by atoms with Crippen LogP contribution in [0.4, 0.5) is 5.69 Å². The van der Waals surface area contributed by atoms with Crippen LogP contribution in [0.1, 0.15) is 12.5 Å². The fraction of sp³-hybridized carbons (Fsp3) is 0.158. The summed E-state index contributed by atoms with van der Waals surface area (Å²) in [7, 11) is 1.74. The van der Waals surface area contributed by atoms with Gasteiger partial charge in [0, 0.05) is 12.6 Å². The Kier molecular flexibility index (Phi) is 5.01. The number of benzene rings is 2. The second-order valence-electron chi connectivity index (χ2n) is 5.18. The van der Waals surface area contributed by atoms with E-state index in [0.717, 1.165) is 17.0 Å². The van der Waals surface area contributed by atoms with Crippen molar-refractivity contribution < 1.29 is 9.53 Å². The van der Waals surface area contributed by atoms with Crippen molar-refractivity contribution in [3.63, 3.8) is 0 Å². The number of likely N-dealkylation sites (N-methyl/N-ethyl adjacent to an activating group) is 1. The van der Waals surface area contributed by atoms with Gasteiger partial charge in [-0.05, 0) is 43.0 Å². The quantitative estimate of drug-likeness (QED) is 0.780. The number of carbonyl (C=O) groups is 1. The van der Waals surface area contributed by atoms with Gasteiger partial charge in [-0.3, -0.25) is 9.69 Å². The van der Waals surface area contributed by atoms with Crippen molar-refractivity contribution in [3.8, 4) is 5.75 Å². The molecule has 0 saturated carbocycles. The molecule has 0 atom stereocenters. The first-order valence-electron chi connectivity index (χ1n) is 7.72. The van der Waals surface area contributed by atoms with Crippen molar-refractivity contribution in [2.75, 3.05) is 13.7 Å². The van der Waals surface area contributed by atoms with Crippen LogP contribution in [0.25, 0.3) is 6.08 Å². The zero-order valence-electron chi connectivity index (χ0n) is 13.6. The molecule has 122 valence electrons. The Balaban J connectivity index is 1.91. The van der Waals surface area contributed by atoms with Crippen molar-refractivity contribution in [1.82, 2.24) is 4.90 Å². The summed E-state index contributed by atoms with van der Waals surface area (Å²) in [6.07, 6.45) is 1.86. The second kappa shape index (κ2) is 7.36. The predicted molar refractivity (Wildman–Crippen MR) is 99.5 cm³/mol. The van der Waals surface area contributed by atoms with E-state index in [9.17, 15) is 4.79 Å². The molecule has 0 spiro atoms. The maximum absolute atomic E-state index is 12.5.